The molecule has 0 spiro atoms. The van der Waals surface area contributed by atoms with Gasteiger partial charge >= 0.3 is 0 Å². The van der Waals surface area contributed by atoms with E-state index >= 15 is 0 Å². The number of hydrogen-bond acceptors (Lipinski definition) is 3. The Kier molecular flexibility index (Phi) is 5.93. The Morgan fingerprint density at radius 2 is 2.35 bits per heavy atom. The standard InChI is InChI=1S/C13H19N3O/c1-3-6-12(4-2)14-9-7-13(11-17)16-10-5-8-15-16/h5-6,8-11,13H,3-4,7H2,1-2H3/b12-6+,14-9-. The predicted octanol–water partition coefficient (Wildman–Crippen LogP) is 2.79. The van der Waals surface area contributed by atoms with Crippen molar-refractivity contribution in [2.75, 3.05) is 0 Å². The molecule has 17 heavy (non-hydrogen) atoms. The van der Waals surface area contributed by atoms with Crippen molar-refractivity contribution >= 4 is 12.5 Å². The van der Waals surface area contributed by atoms with E-state index in [1.165, 1.54) is 0 Å². The fourth-order valence-electron chi connectivity index (χ4n) is 1.50. The molecular weight excluding hydrogens is 214 g/mol. The lowest BCUT2D eigenvalue weighted by Crippen LogP contribution is -2.11. The van der Waals surface area contributed by atoms with Crippen molar-refractivity contribution in [1.82, 2.24) is 9.78 Å². The highest BCUT2D eigenvalue weighted by molar-refractivity contribution is 5.67. The third kappa shape index (κ3) is 4.34. The summed E-state index contributed by atoms with van der Waals surface area (Å²) in [4.78, 5) is 15.3. The van der Waals surface area contributed by atoms with Gasteiger partial charge in [0, 0.05) is 30.7 Å². The molecule has 4 nitrogen and oxygen atoms in total. The van der Waals surface area contributed by atoms with Crippen LogP contribution in [-0.4, -0.2) is 22.3 Å². The molecule has 4 heteroatoms. The lowest BCUT2D eigenvalue weighted by molar-refractivity contribution is -0.110. The quantitative estimate of drug-likeness (QED) is 0.537. The summed E-state index contributed by atoms with van der Waals surface area (Å²) >= 11 is 0. The Balaban J connectivity index is 2.56. The van der Waals surface area contributed by atoms with Crippen LogP contribution in [0.4, 0.5) is 0 Å². The topological polar surface area (TPSA) is 47.2 Å². The van der Waals surface area contributed by atoms with Gasteiger partial charge < -0.3 is 4.79 Å². The number of carbonyl (C=O) groups excluding carboxylic acids is 1. The van der Waals surface area contributed by atoms with Gasteiger partial charge in [-0.3, -0.25) is 9.67 Å². The molecule has 92 valence electrons. The summed E-state index contributed by atoms with van der Waals surface area (Å²) in [6, 6.07) is 1.55. The smallest absolute Gasteiger partial charge is 0.144 e. The number of aliphatic imine (C=N–C) groups is 1. The summed E-state index contributed by atoms with van der Waals surface area (Å²) in [5.41, 5.74) is 1.07. The van der Waals surface area contributed by atoms with Crippen LogP contribution >= 0.6 is 0 Å². The van der Waals surface area contributed by atoms with Crippen molar-refractivity contribution in [3.8, 4) is 0 Å². The van der Waals surface area contributed by atoms with Crippen molar-refractivity contribution in [3.05, 3.63) is 30.2 Å². The molecule has 0 aliphatic carbocycles. The van der Waals surface area contributed by atoms with Gasteiger partial charge in [-0.25, -0.2) is 0 Å². The van der Waals surface area contributed by atoms with Gasteiger partial charge in [0.25, 0.3) is 0 Å². The summed E-state index contributed by atoms with van der Waals surface area (Å²) in [5, 5.41) is 4.05. The summed E-state index contributed by atoms with van der Waals surface area (Å²) in [6.45, 7) is 4.16. The van der Waals surface area contributed by atoms with E-state index in [1.54, 1.807) is 23.3 Å². The predicted molar refractivity (Wildman–Crippen MR) is 69.1 cm³/mol. The van der Waals surface area contributed by atoms with Crippen LogP contribution in [0.1, 0.15) is 39.2 Å². The molecular formula is C13H19N3O. The molecule has 1 aromatic rings. The van der Waals surface area contributed by atoms with E-state index in [4.69, 9.17) is 0 Å². The van der Waals surface area contributed by atoms with Crippen molar-refractivity contribution in [2.24, 2.45) is 4.99 Å². The van der Waals surface area contributed by atoms with Gasteiger partial charge in [-0.05, 0) is 18.9 Å². The minimum atomic E-state index is -0.256. The molecule has 0 bridgehead atoms. The molecule has 0 N–H and O–H groups in total. The Morgan fingerprint density at radius 3 is 2.88 bits per heavy atom. The Hall–Kier alpha value is -1.71. The lowest BCUT2D eigenvalue weighted by Gasteiger charge is -2.07. The number of rotatable bonds is 7. The van der Waals surface area contributed by atoms with Crippen LogP contribution < -0.4 is 0 Å². The minimum absolute atomic E-state index is 0.256. The maximum absolute atomic E-state index is 10.9. The van der Waals surface area contributed by atoms with E-state index in [9.17, 15) is 4.79 Å². The largest absolute Gasteiger partial charge is 0.301 e. The summed E-state index contributed by atoms with van der Waals surface area (Å²) in [7, 11) is 0. The molecule has 0 aromatic carbocycles. The average molecular weight is 233 g/mol. The second kappa shape index (κ2) is 7.54. The highest BCUT2D eigenvalue weighted by atomic mass is 16.1. The number of hydrogen-bond donors (Lipinski definition) is 0. The highest BCUT2D eigenvalue weighted by Crippen LogP contribution is 2.07. The van der Waals surface area contributed by atoms with Gasteiger partial charge in [0.15, 0.2) is 0 Å². The van der Waals surface area contributed by atoms with Gasteiger partial charge in [-0.15, -0.1) is 0 Å². The number of carbonyl (C=O) groups is 1. The van der Waals surface area contributed by atoms with Crippen LogP contribution in [0.3, 0.4) is 0 Å². The van der Waals surface area contributed by atoms with Crippen LogP contribution in [0.25, 0.3) is 0 Å². The minimum Gasteiger partial charge on any atom is -0.301 e. The molecule has 1 atom stereocenters. The fourth-order valence-corrected chi connectivity index (χ4v) is 1.50. The summed E-state index contributed by atoms with van der Waals surface area (Å²) < 4.78 is 1.65. The van der Waals surface area contributed by atoms with Crippen LogP contribution in [0, 0.1) is 0 Å². The first kappa shape index (κ1) is 13.4. The fraction of sp³-hybridized carbons (Fsp3) is 0.462. The molecule has 0 radical (unpaired) electrons. The van der Waals surface area contributed by atoms with Gasteiger partial charge in [0.2, 0.25) is 0 Å². The van der Waals surface area contributed by atoms with Crippen LogP contribution in [0.2, 0.25) is 0 Å². The van der Waals surface area contributed by atoms with Crippen LogP contribution in [0.5, 0.6) is 0 Å². The molecule has 0 aliphatic rings. The highest BCUT2D eigenvalue weighted by Gasteiger charge is 2.07. The van der Waals surface area contributed by atoms with E-state index in [2.05, 4.69) is 30.0 Å². The first-order valence-corrected chi connectivity index (χ1v) is 5.97. The Morgan fingerprint density at radius 1 is 1.53 bits per heavy atom. The average Bonchev–Trinajstić information content (AvgIpc) is 2.87. The third-order valence-corrected chi connectivity index (χ3v) is 2.43. The van der Waals surface area contributed by atoms with E-state index in [1.807, 2.05) is 6.07 Å². The van der Waals surface area contributed by atoms with Gasteiger partial charge in [-0.2, -0.15) is 5.10 Å². The maximum atomic E-state index is 10.9. The lowest BCUT2D eigenvalue weighted by atomic mass is 10.2. The number of aldehydes is 1. The van der Waals surface area contributed by atoms with Gasteiger partial charge in [0.1, 0.15) is 12.3 Å². The number of allylic oxidation sites excluding steroid dienone is 2. The molecule has 1 heterocycles. The van der Waals surface area contributed by atoms with E-state index < -0.39 is 0 Å². The Bertz CT molecular complexity index is 379. The summed E-state index contributed by atoms with van der Waals surface area (Å²) in [6.07, 6.45) is 10.7. The second-order valence-electron chi connectivity index (χ2n) is 3.69. The number of aromatic nitrogens is 2. The van der Waals surface area contributed by atoms with Crippen molar-refractivity contribution in [3.63, 3.8) is 0 Å². The molecule has 1 unspecified atom stereocenters. The van der Waals surface area contributed by atoms with Gasteiger partial charge in [0.05, 0.1) is 0 Å². The maximum Gasteiger partial charge on any atom is 0.144 e. The molecule has 0 fully saturated rings. The molecule has 0 saturated carbocycles. The van der Waals surface area contributed by atoms with Crippen molar-refractivity contribution in [1.29, 1.82) is 0 Å². The molecule has 0 saturated heterocycles. The van der Waals surface area contributed by atoms with Crippen LogP contribution in [0.15, 0.2) is 35.2 Å². The van der Waals surface area contributed by atoms with E-state index in [0.717, 1.165) is 24.8 Å². The zero-order chi connectivity index (χ0) is 12.5. The number of nitrogens with zero attached hydrogens (tertiary/aromatic N) is 3. The van der Waals surface area contributed by atoms with E-state index in [-0.39, 0.29) is 6.04 Å². The van der Waals surface area contributed by atoms with Gasteiger partial charge in [-0.1, -0.05) is 19.9 Å². The molecule has 1 rings (SSSR count). The monoisotopic (exact) mass is 233 g/mol. The zero-order valence-corrected chi connectivity index (χ0v) is 10.4. The summed E-state index contributed by atoms with van der Waals surface area (Å²) in [5.74, 6) is 0. The second-order valence-corrected chi connectivity index (χ2v) is 3.69. The third-order valence-electron chi connectivity index (χ3n) is 2.43. The Labute approximate surface area is 102 Å². The SMILES string of the molecule is CC/C=C(CC)/N=C\CC(C=O)n1cccn1. The molecule has 0 amide bonds. The molecule has 1 aromatic heterocycles. The first-order valence-electron chi connectivity index (χ1n) is 5.97. The van der Waals surface area contributed by atoms with Crippen molar-refractivity contribution in [2.45, 2.75) is 39.2 Å². The normalized spacial score (nSPS) is 14.1. The molecule has 0 aliphatic heterocycles. The first-order chi connectivity index (χ1) is 8.31. The zero-order valence-electron chi connectivity index (χ0n) is 10.4. The van der Waals surface area contributed by atoms with E-state index in [0.29, 0.717) is 6.42 Å². The van der Waals surface area contributed by atoms with Crippen LogP contribution in [-0.2, 0) is 4.79 Å². The van der Waals surface area contributed by atoms with Crippen molar-refractivity contribution < 1.29 is 4.79 Å².